The van der Waals surface area contributed by atoms with E-state index in [-0.39, 0.29) is 11.4 Å². The number of hydrogen-bond donors (Lipinski definition) is 2. The molecule has 1 rings (SSSR count). The number of nitrogen functional groups attached to an aromatic ring is 1. The van der Waals surface area contributed by atoms with Gasteiger partial charge in [0, 0.05) is 0 Å². The van der Waals surface area contributed by atoms with Gasteiger partial charge >= 0.3 is 0 Å². The lowest BCUT2D eigenvalue weighted by molar-refractivity contribution is 0.0980. The summed E-state index contributed by atoms with van der Waals surface area (Å²) >= 11 is 0. The molecule has 0 aromatic carbocycles. The highest BCUT2D eigenvalue weighted by Crippen LogP contribution is 2.24. The van der Waals surface area contributed by atoms with Crippen LogP contribution in [0.15, 0.2) is 6.07 Å². The molecule has 0 saturated carbocycles. The molecule has 0 bridgehead atoms. The molecule has 0 unspecified atom stereocenters. The van der Waals surface area contributed by atoms with Crippen molar-refractivity contribution in [2.45, 2.75) is 6.43 Å². The first-order valence-corrected chi connectivity index (χ1v) is 3.75. The van der Waals surface area contributed by atoms with E-state index in [0.29, 0.717) is 0 Å². The van der Waals surface area contributed by atoms with Gasteiger partial charge in [-0.3, -0.25) is 4.79 Å². The number of hydrogen-bond acceptors (Lipinski definition) is 4. The summed E-state index contributed by atoms with van der Waals surface area (Å²) in [7, 11) is 0. The van der Waals surface area contributed by atoms with E-state index in [4.69, 9.17) is 16.7 Å². The highest BCUT2D eigenvalue weighted by molar-refractivity contribution is 5.93. The SMILES string of the molecule is N#Cc1cc(C(F)F)c(C(N)=O)nc1N. The van der Waals surface area contributed by atoms with Crippen LogP contribution in [0.25, 0.3) is 0 Å². The summed E-state index contributed by atoms with van der Waals surface area (Å²) in [5.41, 5.74) is 8.58. The molecule has 0 atom stereocenters. The summed E-state index contributed by atoms with van der Waals surface area (Å²) in [6, 6.07) is 2.40. The van der Waals surface area contributed by atoms with Crippen molar-refractivity contribution in [3.63, 3.8) is 0 Å². The van der Waals surface area contributed by atoms with Crippen molar-refractivity contribution in [2.24, 2.45) is 5.73 Å². The van der Waals surface area contributed by atoms with E-state index in [1.807, 2.05) is 0 Å². The number of nitrogens with zero attached hydrogens (tertiary/aromatic N) is 2. The molecule has 1 aromatic rings. The zero-order valence-corrected chi connectivity index (χ0v) is 7.37. The third-order valence-electron chi connectivity index (χ3n) is 1.67. The van der Waals surface area contributed by atoms with Gasteiger partial charge in [0.05, 0.1) is 11.1 Å². The maximum atomic E-state index is 12.4. The molecule has 0 aliphatic heterocycles. The maximum absolute atomic E-state index is 12.4. The Labute approximate surface area is 83.3 Å². The number of pyridine rings is 1. The largest absolute Gasteiger partial charge is 0.383 e. The monoisotopic (exact) mass is 212 g/mol. The average molecular weight is 212 g/mol. The minimum atomic E-state index is -2.94. The van der Waals surface area contributed by atoms with Gasteiger partial charge in [0.2, 0.25) is 0 Å². The molecule has 0 saturated heterocycles. The van der Waals surface area contributed by atoms with Crippen LogP contribution in [0, 0.1) is 11.3 Å². The molecule has 1 aromatic heterocycles. The van der Waals surface area contributed by atoms with Crippen LogP contribution in [-0.4, -0.2) is 10.9 Å². The van der Waals surface area contributed by atoms with Crippen LogP contribution >= 0.6 is 0 Å². The summed E-state index contributed by atoms with van der Waals surface area (Å²) < 4.78 is 24.9. The molecule has 1 heterocycles. The van der Waals surface area contributed by atoms with Crippen molar-refractivity contribution in [2.75, 3.05) is 5.73 Å². The number of aromatic nitrogens is 1. The highest BCUT2D eigenvalue weighted by atomic mass is 19.3. The van der Waals surface area contributed by atoms with Gasteiger partial charge in [-0.2, -0.15) is 5.26 Å². The topological polar surface area (TPSA) is 106 Å². The Kier molecular flexibility index (Phi) is 2.80. The Bertz CT molecular complexity index is 453. The first-order chi connectivity index (χ1) is 6.97. The summed E-state index contributed by atoms with van der Waals surface area (Å²) in [5.74, 6) is -1.41. The van der Waals surface area contributed by atoms with E-state index in [9.17, 15) is 13.6 Å². The number of nitriles is 1. The van der Waals surface area contributed by atoms with Gasteiger partial charge in [0.1, 0.15) is 17.6 Å². The lowest BCUT2D eigenvalue weighted by Gasteiger charge is -2.06. The smallest absolute Gasteiger partial charge is 0.267 e. The van der Waals surface area contributed by atoms with E-state index in [2.05, 4.69) is 4.98 Å². The first kappa shape index (κ1) is 10.8. The molecule has 15 heavy (non-hydrogen) atoms. The van der Waals surface area contributed by atoms with Gasteiger partial charge < -0.3 is 11.5 Å². The van der Waals surface area contributed by atoms with E-state index in [1.165, 1.54) is 0 Å². The third kappa shape index (κ3) is 1.99. The molecule has 7 heteroatoms. The van der Waals surface area contributed by atoms with Gasteiger partial charge in [-0.05, 0) is 6.07 Å². The van der Waals surface area contributed by atoms with E-state index < -0.39 is 23.6 Å². The quantitative estimate of drug-likeness (QED) is 0.747. The van der Waals surface area contributed by atoms with Crippen LogP contribution in [-0.2, 0) is 0 Å². The van der Waals surface area contributed by atoms with Crippen LogP contribution in [0.4, 0.5) is 14.6 Å². The Hall–Kier alpha value is -2.23. The second-order valence-corrected chi connectivity index (χ2v) is 2.64. The van der Waals surface area contributed by atoms with Gasteiger partial charge in [0.25, 0.3) is 12.3 Å². The molecule has 78 valence electrons. The lowest BCUT2D eigenvalue weighted by Crippen LogP contribution is -2.17. The normalized spacial score (nSPS) is 10.0. The molecule has 0 spiro atoms. The van der Waals surface area contributed by atoms with Crippen LogP contribution < -0.4 is 11.5 Å². The summed E-state index contributed by atoms with van der Waals surface area (Å²) in [4.78, 5) is 14.1. The minimum absolute atomic E-state index is 0.213. The molecule has 0 radical (unpaired) electrons. The standard InChI is InChI=1S/C8H6F2N4O/c9-6(10)4-1-3(2-11)7(12)14-5(4)8(13)15/h1,6H,(H2,12,14)(H2,13,15). The Morgan fingerprint density at radius 1 is 1.60 bits per heavy atom. The minimum Gasteiger partial charge on any atom is -0.383 e. The van der Waals surface area contributed by atoms with Crippen LogP contribution in [0.3, 0.4) is 0 Å². The van der Waals surface area contributed by atoms with Crippen molar-refractivity contribution >= 4 is 11.7 Å². The molecule has 4 N–H and O–H groups in total. The molecule has 0 fully saturated rings. The first-order valence-electron chi connectivity index (χ1n) is 3.75. The number of carbonyl (C=O) groups excluding carboxylic acids is 1. The Balaban J connectivity index is 3.47. The van der Waals surface area contributed by atoms with E-state index >= 15 is 0 Å². The predicted octanol–water partition coefficient (Wildman–Crippen LogP) is 0.572. The molecule has 5 nitrogen and oxygen atoms in total. The third-order valence-corrected chi connectivity index (χ3v) is 1.67. The Morgan fingerprint density at radius 3 is 2.60 bits per heavy atom. The fourth-order valence-electron chi connectivity index (χ4n) is 0.996. The second-order valence-electron chi connectivity index (χ2n) is 2.64. The summed E-state index contributed by atoms with van der Waals surface area (Å²) in [5, 5.41) is 8.52. The van der Waals surface area contributed by atoms with Crippen molar-refractivity contribution < 1.29 is 13.6 Å². The van der Waals surface area contributed by atoms with E-state index in [1.54, 1.807) is 6.07 Å². The number of nitrogens with two attached hydrogens (primary N) is 2. The van der Waals surface area contributed by atoms with Crippen LogP contribution in [0.2, 0.25) is 0 Å². The molecular weight excluding hydrogens is 206 g/mol. The lowest BCUT2D eigenvalue weighted by atomic mass is 10.1. The number of halogens is 2. The van der Waals surface area contributed by atoms with Gasteiger partial charge in [-0.1, -0.05) is 0 Å². The molecular formula is C8H6F2N4O. The molecule has 0 aliphatic carbocycles. The van der Waals surface area contributed by atoms with Gasteiger partial charge in [0.15, 0.2) is 0 Å². The summed E-state index contributed by atoms with van der Waals surface area (Å²) in [6.07, 6.45) is -2.94. The molecule has 0 aliphatic rings. The van der Waals surface area contributed by atoms with Crippen molar-refractivity contribution in [3.8, 4) is 6.07 Å². The fourth-order valence-corrected chi connectivity index (χ4v) is 0.996. The van der Waals surface area contributed by atoms with Crippen LogP contribution in [0.1, 0.15) is 28.0 Å². The Morgan fingerprint density at radius 2 is 2.20 bits per heavy atom. The number of rotatable bonds is 2. The van der Waals surface area contributed by atoms with Crippen molar-refractivity contribution in [1.29, 1.82) is 5.26 Å². The van der Waals surface area contributed by atoms with Crippen LogP contribution in [0.5, 0.6) is 0 Å². The molecule has 1 amide bonds. The maximum Gasteiger partial charge on any atom is 0.267 e. The zero-order valence-electron chi connectivity index (χ0n) is 7.37. The van der Waals surface area contributed by atoms with Gasteiger partial charge in [-0.15, -0.1) is 0 Å². The fraction of sp³-hybridized carbons (Fsp3) is 0.125. The zero-order chi connectivity index (χ0) is 11.6. The number of amides is 1. The number of anilines is 1. The summed E-state index contributed by atoms with van der Waals surface area (Å²) in [6.45, 7) is 0. The highest BCUT2D eigenvalue weighted by Gasteiger charge is 2.20. The van der Waals surface area contributed by atoms with E-state index in [0.717, 1.165) is 6.07 Å². The number of carbonyl (C=O) groups is 1. The number of alkyl halides is 2. The van der Waals surface area contributed by atoms with Gasteiger partial charge in [-0.25, -0.2) is 13.8 Å². The van der Waals surface area contributed by atoms with Crippen molar-refractivity contribution in [1.82, 2.24) is 4.98 Å². The van der Waals surface area contributed by atoms with Crippen molar-refractivity contribution in [3.05, 3.63) is 22.9 Å². The average Bonchev–Trinajstić information content (AvgIpc) is 2.16. The number of primary amides is 1. The second kappa shape index (κ2) is 3.88. The predicted molar refractivity (Wildman–Crippen MR) is 46.8 cm³/mol.